The van der Waals surface area contributed by atoms with Gasteiger partial charge in [0.25, 0.3) is 0 Å². The van der Waals surface area contributed by atoms with Crippen molar-refractivity contribution >= 4 is 0 Å². The third kappa shape index (κ3) is 2.10. The summed E-state index contributed by atoms with van der Waals surface area (Å²) >= 11 is 0. The molecule has 2 aliphatic carbocycles. The van der Waals surface area contributed by atoms with Crippen molar-refractivity contribution < 1.29 is 5.11 Å². The second kappa shape index (κ2) is 4.03. The van der Waals surface area contributed by atoms with Gasteiger partial charge in [0.2, 0.25) is 0 Å². The van der Waals surface area contributed by atoms with E-state index in [1.165, 1.54) is 30.4 Å². The highest BCUT2D eigenvalue weighted by Crippen LogP contribution is 2.48. The molecule has 16 heavy (non-hydrogen) atoms. The van der Waals surface area contributed by atoms with Crippen LogP contribution in [0.15, 0.2) is 23.8 Å². The molecule has 0 saturated heterocycles. The van der Waals surface area contributed by atoms with E-state index in [-0.39, 0.29) is 11.5 Å². The predicted octanol–water partition coefficient (Wildman–Crippen LogP) is 3.70. The molecular formula is C15H24O. The summed E-state index contributed by atoms with van der Waals surface area (Å²) in [4.78, 5) is 0. The lowest BCUT2D eigenvalue weighted by atomic mass is 9.61. The van der Waals surface area contributed by atoms with Crippen molar-refractivity contribution in [3.63, 3.8) is 0 Å². The van der Waals surface area contributed by atoms with Crippen LogP contribution >= 0.6 is 0 Å². The van der Waals surface area contributed by atoms with Crippen LogP contribution in [0.1, 0.15) is 46.5 Å². The van der Waals surface area contributed by atoms with Gasteiger partial charge in [0.05, 0.1) is 6.10 Å². The van der Waals surface area contributed by atoms with Crippen LogP contribution < -0.4 is 0 Å². The summed E-state index contributed by atoms with van der Waals surface area (Å²) in [6, 6.07) is 0. The summed E-state index contributed by atoms with van der Waals surface area (Å²) in [5.41, 5.74) is 2.98. The first kappa shape index (κ1) is 11.9. The van der Waals surface area contributed by atoms with Gasteiger partial charge in [-0.05, 0) is 49.9 Å². The molecule has 2 rings (SSSR count). The molecule has 1 fully saturated rings. The summed E-state index contributed by atoms with van der Waals surface area (Å²) in [7, 11) is 0. The SMILES string of the molecule is C=C1CC[C@H]2C[C@@H]1C(C)(C)C[C@@H](O)C=C2C. The average Bonchev–Trinajstić information content (AvgIpc) is 2.15. The molecule has 3 atom stereocenters. The van der Waals surface area contributed by atoms with E-state index in [2.05, 4.69) is 33.4 Å². The number of rotatable bonds is 0. The molecule has 0 heterocycles. The van der Waals surface area contributed by atoms with Crippen molar-refractivity contribution in [3.05, 3.63) is 23.8 Å². The second-order valence-corrected chi connectivity index (χ2v) is 6.35. The normalized spacial score (nSPS) is 38.6. The summed E-state index contributed by atoms with van der Waals surface area (Å²) in [6.45, 7) is 11.0. The van der Waals surface area contributed by atoms with Crippen molar-refractivity contribution in [1.29, 1.82) is 0 Å². The third-order valence-corrected chi connectivity index (χ3v) is 4.60. The number of allylic oxidation sites excluding steroid dienone is 2. The Labute approximate surface area is 99.3 Å². The predicted molar refractivity (Wildman–Crippen MR) is 68.1 cm³/mol. The minimum atomic E-state index is -0.272. The van der Waals surface area contributed by atoms with Gasteiger partial charge >= 0.3 is 0 Å². The minimum absolute atomic E-state index is 0.187. The van der Waals surface area contributed by atoms with Crippen LogP contribution in [0.4, 0.5) is 0 Å². The van der Waals surface area contributed by atoms with Gasteiger partial charge in [-0.25, -0.2) is 0 Å². The number of hydrogen-bond acceptors (Lipinski definition) is 1. The molecular weight excluding hydrogens is 196 g/mol. The Hall–Kier alpha value is -0.560. The lowest BCUT2D eigenvalue weighted by Crippen LogP contribution is -2.35. The van der Waals surface area contributed by atoms with E-state index in [0.29, 0.717) is 11.8 Å². The average molecular weight is 220 g/mol. The van der Waals surface area contributed by atoms with Gasteiger partial charge in [-0.1, -0.05) is 37.6 Å². The van der Waals surface area contributed by atoms with Crippen LogP contribution in [0, 0.1) is 17.3 Å². The highest BCUT2D eigenvalue weighted by Gasteiger charge is 2.39. The molecule has 2 bridgehead atoms. The van der Waals surface area contributed by atoms with Gasteiger partial charge in [0.15, 0.2) is 0 Å². The van der Waals surface area contributed by atoms with E-state index < -0.39 is 0 Å². The van der Waals surface area contributed by atoms with Crippen LogP contribution in [0.2, 0.25) is 0 Å². The lowest BCUT2D eigenvalue weighted by molar-refractivity contribution is 0.0926. The van der Waals surface area contributed by atoms with E-state index in [1.54, 1.807) is 0 Å². The zero-order valence-corrected chi connectivity index (χ0v) is 10.8. The maximum Gasteiger partial charge on any atom is 0.0728 e. The van der Waals surface area contributed by atoms with Crippen molar-refractivity contribution in [2.24, 2.45) is 17.3 Å². The molecule has 0 spiro atoms. The fourth-order valence-electron chi connectivity index (χ4n) is 3.57. The number of fused-ring (bicyclic) bond motifs is 2. The van der Waals surface area contributed by atoms with Crippen molar-refractivity contribution in [2.45, 2.75) is 52.6 Å². The van der Waals surface area contributed by atoms with E-state index in [0.717, 1.165) is 6.42 Å². The smallest absolute Gasteiger partial charge is 0.0728 e. The van der Waals surface area contributed by atoms with Crippen LogP contribution in [0.25, 0.3) is 0 Å². The number of hydrogen-bond donors (Lipinski definition) is 1. The molecule has 0 radical (unpaired) electrons. The van der Waals surface area contributed by atoms with Crippen LogP contribution in [-0.4, -0.2) is 11.2 Å². The molecule has 1 heteroatoms. The van der Waals surface area contributed by atoms with E-state index in [9.17, 15) is 5.11 Å². The Morgan fingerprint density at radius 3 is 2.81 bits per heavy atom. The first-order chi connectivity index (χ1) is 7.40. The molecule has 0 aromatic heterocycles. The Morgan fingerprint density at radius 1 is 1.44 bits per heavy atom. The van der Waals surface area contributed by atoms with Crippen molar-refractivity contribution in [1.82, 2.24) is 0 Å². The zero-order valence-electron chi connectivity index (χ0n) is 10.8. The van der Waals surface area contributed by atoms with Crippen molar-refractivity contribution in [3.8, 4) is 0 Å². The molecule has 0 aromatic rings. The standard InChI is InChI=1S/C15H24O/c1-10-5-6-12-8-14(10)15(3,4)9-13(16)7-11(12)2/h7,12-14,16H,1,5-6,8-9H2,2-4H3/t12-,13-,14-/m0/s1. The second-order valence-electron chi connectivity index (χ2n) is 6.35. The molecule has 0 amide bonds. The lowest BCUT2D eigenvalue weighted by Gasteiger charge is -2.44. The van der Waals surface area contributed by atoms with Gasteiger partial charge in [-0.2, -0.15) is 0 Å². The van der Waals surface area contributed by atoms with Gasteiger partial charge in [0.1, 0.15) is 0 Å². The molecule has 0 unspecified atom stereocenters. The van der Waals surface area contributed by atoms with E-state index in [1.807, 2.05) is 0 Å². The van der Waals surface area contributed by atoms with Crippen LogP contribution in [-0.2, 0) is 0 Å². The molecule has 1 saturated carbocycles. The fourth-order valence-corrected chi connectivity index (χ4v) is 3.57. The highest BCUT2D eigenvalue weighted by atomic mass is 16.3. The summed E-state index contributed by atoms with van der Waals surface area (Å²) in [5.74, 6) is 1.26. The Balaban J connectivity index is 2.34. The summed E-state index contributed by atoms with van der Waals surface area (Å²) in [6.07, 6.45) is 6.30. The Kier molecular flexibility index (Phi) is 3.00. The maximum atomic E-state index is 10.1. The molecule has 2 aliphatic rings. The molecule has 1 N–H and O–H groups in total. The molecule has 90 valence electrons. The zero-order chi connectivity index (χ0) is 11.9. The number of aliphatic hydroxyl groups is 1. The van der Waals surface area contributed by atoms with E-state index >= 15 is 0 Å². The van der Waals surface area contributed by atoms with Crippen LogP contribution in [0.5, 0.6) is 0 Å². The van der Waals surface area contributed by atoms with Gasteiger partial charge < -0.3 is 5.11 Å². The fraction of sp³-hybridized carbons (Fsp3) is 0.733. The molecule has 0 aliphatic heterocycles. The number of aliphatic hydroxyl groups excluding tert-OH is 1. The third-order valence-electron chi connectivity index (χ3n) is 4.60. The maximum absolute atomic E-state index is 10.1. The van der Waals surface area contributed by atoms with E-state index in [4.69, 9.17) is 0 Å². The molecule has 0 aromatic carbocycles. The summed E-state index contributed by atoms with van der Waals surface area (Å²) in [5, 5.41) is 10.1. The first-order valence-electron chi connectivity index (χ1n) is 6.44. The first-order valence-corrected chi connectivity index (χ1v) is 6.44. The highest BCUT2D eigenvalue weighted by molar-refractivity contribution is 5.18. The van der Waals surface area contributed by atoms with Gasteiger partial charge in [0, 0.05) is 0 Å². The topological polar surface area (TPSA) is 20.2 Å². The largest absolute Gasteiger partial charge is 0.389 e. The van der Waals surface area contributed by atoms with Crippen molar-refractivity contribution in [2.75, 3.05) is 0 Å². The van der Waals surface area contributed by atoms with Gasteiger partial charge in [-0.15, -0.1) is 0 Å². The minimum Gasteiger partial charge on any atom is -0.389 e. The molecule has 1 nitrogen and oxygen atoms in total. The Bertz CT molecular complexity index is 324. The monoisotopic (exact) mass is 220 g/mol. The van der Waals surface area contributed by atoms with Gasteiger partial charge in [-0.3, -0.25) is 0 Å². The summed E-state index contributed by atoms with van der Waals surface area (Å²) < 4.78 is 0. The van der Waals surface area contributed by atoms with Crippen LogP contribution in [0.3, 0.4) is 0 Å². The Morgan fingerprint density at radius 2 is 2.12 bits per heavy atom. The quantitative estimate of drug-likeness (QED) is 0.617.